The van der Waals surface area contributed by atoms with E-state index < -0.39 is 24.4 Å². The third-order valence-corrected chi connectivity index (χ3v) is 2.96. The molecule has 0 aliphatic carbocycles. The van der Waals surface area contributed by atoms with Gasteiger partial charge in [-0.2, -0.15) is 0 Å². The Morgan fingerprint density at radius 1 is 1.26 bits per heavy atom. The number of rotatable bonds is 5. The molecular formula is C11H16ClF2NO4. The van der Waals surface area contributed by atoms with Crippen LogP contribution >= 0.6 is 12.4 Å². The molecule has 0 amide bonds. The van der Waals surface area contributed by atoms with Gasteiger partial charge in [-0.1, -0.05) is 0 Å². The number of nitrogens with zero attached hydrogens (tertiary/aromatic N) is 1. The van der Waals surface area contributed by atoms with Crippen molar-refractivity contribution in [2.24, 2.45) is 0 Å². The summed E-state index contributed by atoms with van der Waals surface area (Å²) < 4.78 is 25.8. The lowest BCUT2D eigenvalue weighted by Gasteiger charge is -2.15. The molecule has 1 fully saturated rings. The molecule has 2 N–H and O–H groups in total. The molecule has 0 aromatic heterocycles. The minimum atomic E-state index is -2.73. The fourth-order valence-corrected chi connectivity index (χ4v) is 1.85. The van der Waals surface area contributed by atoms with Crippen molar-refractivity contribution in [1.29, 1.82) is 0 Å². The van der Waals surface area contributed by atoms with Crippen molar-refractivity contribution in [3.63, 3.8) is 0 Å². The normalized spacial score (nSPS) is 19.5. The van der Waals surface area contributed by atoms with Gasteiger partial charge in [0.1, 0.15) is 0 Å². The standard InChI is InChI=1S/C11H15F2NO4.ClH/c1-7(9(15)16)8(10(17)18)2-4-14-5-3-11(12,13)6-14;/h2-6H2,1H3,(H,15,16)(H,17,18);1H/b8-7+;. The molecule has 0 radical (unpaired) electrons. The lowest BCUT2D eigenvalue weighted by Crippen LogP contribution is -2.27. The maximum Gasteiger partial charge on any atom is 0.332 e. The van der Waals surface area contributed by atoms with Crippen LogP contribution in [0.25, 0.3) is 0 Å². The topological polar surface area (TPSA) is 77.8 Å². The van der Waals surface area contributed by atoms with E-state index in [1.807, 2.05) is 0 Å². The third kappa shape index (κ3) is 5.12. The fourth-order valence-electron chi connectivity index (χ4n) is 1.85. The summed E-state index contributed by atoms with van der Waals surface area (Å²) in [5.74, 6) is -5.35. The van der Waals surface area contributed by atoms with Crippen LogP contribution in [0.15, 0.2) is 11.1 Å². The van der Waals surface area contributed by atoms with E-state index >= 15 is 0 Å². The summed E-state index contributed by atoms with van der Waals surface area (Å²) in [6, 6.07) is 0. The van der Waals surface area contributed by atoms with Crippen LogP contribution in [-0.4, -0.2) is 52.6 Å². The minimum Gasteiger partial charge on any atom is -0.478 e. The van der Waals surface area contributed by atoms with Crippen molar-refractivity contribution in [2.45, 2.75) is 25.7 Å². The Kier molecular flexibility index (Phi) is 6.38. The van der Waals surface area contributed by atoms with Gasteiger partial charge in [-0.05, 0) is 13.3 Å². The second kappa shape index (κ2) is 6.81. The summed E-state index contributed by atoms with van der Waals surface area (Å²) in [6.45, 7) is 1.13. The van der Waals surface area contributed by atoms with Gasteiger partial charge in [-0.3, -0.25) is 4.90 Å². The predicted octanol–water partition coefficient (Wildman–Crippen LogP) is 1.62. The van der Waals surface area contributed by atoms with E-state index in [0.29, 0.717) is 0 Å². The van der Waals surface area contributed by atoms with Crippen LogP contribution in [0.5, 0.6) is 0 Å². The van der Waals surface area contributed by atoms with E-state index in [9.17, 15) is 18.4 Å². The first-order valence-electron chi connectivity index (χ1n) is 5.49. The zero-order chi connectivity index (χ0) is 13.9. The van der Waals surface area contributed by atoms with Crippen LogP contribution in [0, 0.1) is 0 Å². The van der Waals surface area contributed by atoms with Crippen molar-refractivity contribution in [3.05, 3.63) is 11.1 Å². The van der Waals surface area contributed by atoms with Crippen molar-refractivity contribution in [1.82, 2.24) is 4.90 Å². The first-order chi connectivity index (χ1) is 8.23. The van der Waals surface area contributed by atoms with Gasteiger partial charge in [0.15, 0.2) is 0 Å². The van der Waals surface area contributed by atoms with Gasteiger partial charge in [0.2, 0.25) is 0 Å². The summed E-state index contributed by atoms with van der Waals surface area (Å²) >= 11 is 0. The summed E-state index contributed by atoms with van der Waals surface area (Å²) in [5.41, 5.74) is -0.494. The summed E-state index contributed by atoms with van der Waals surface area (Å²) in [6.07, 6.45) is -0.291. The first kappa shape index (κ1) is 17.8. The molecule has 1 heterocycles. The van der Waals surface area contributed by atoms with E-state index in [1.165, 1.54) is 11.8 Å². The molecule has 1 aliphatic heterocycles. The molecule has 1 rings (SSSR count). The molecule has 0 aromatic carbocycles. The van der Waals surface area contributed by atoms with Gasteiger partial charge >= 0.3 is 11.9 Å². The Morgan fingerprint density at radius 2 is 1.84 bits per heavy atom. The highest BCUT2D eigenvalue weighted by Crippen LogP contribution is 2.27. The molecule has 1 saturated heterocycles. The Labute approximate surface area is 115 Å². The molecule has 110 valence electrons. The van der Waals surface area contributed by atoms with E-state index in [4.69, 9.17) is 10.2 Å². The maximum atomic E-state index is 12.9. The maximum absolute atomic E-state index is 12.9. The van der Waals surface area contributed by atoms with Crippen LogP contribution in [0.4, 0.5) is 8.78 Å². The highest BCUT2D eigenvalue weighted by Gasteiger charge is 2.37. The molecule has 0 unspecified atom stereocenters. The molecule has 1 aliphatic rings. The number of halogens is 3. The van der Waals surface area contributed by atoms with Crippen LogP contribution in [-0.2, 0) is 9.59 Å². The fraction of sp³-hybridized carbons (Fsp3) is 0.636. The van der Waals surface area contributed by atoms with Crippen LogP contribution in [0.3, 0.4) is 0 Å². The Bertz CT molecular complexity index is 398. The van der Waals surface area contributed by atoms with E-state index in [1.54, 1.807) is 0 Å². The van der Waals surface area contributed by atoms with Gasteiger partial charge in [0.25, 0.3) is 5.92 Å². The molecule has 8 heteroatoms. The van der Waals surface area contributed by atoms with Crippen LogP contribution in [0.2, 0.25) is 0 Å². The average Bonchev–Trinajstić information content (AvgIpc) is 2.57. The first-order valence-corrected chi connectivity index (χ1v) is 5.49. The Morgan fingerprint density at radius 3 is 2.21 bits per heavy atom. The molecular weight excluding hydrogens is 284 g/mol. The van der Waals surface area contributed by atoms with E-state index in [-0.39, 0.29) is 49.5 Å². The highest BCUT2D eigenvalue weighted by molar-refractivity contribution is 5.98. The van der Waals surface area contributed by atoms with Crippen molar-refractivity contribution in [2.75, 3.05) is 19.6 Å². The number of alkyl halides is 2. The van der Waals surface area contributed by atoms with Gasteiger partial charge in [-0.15, -0.1) is 12.4 Å². The zero-order valence-corrected chi connectivity index (χ0v) is 11.2. The summed E-state index contributed by atoms with van der Waals surface area (Å²) in [5, 5.41) is 17.6. The number of aliphatic carboxylic acids is 2. The number of hydrogen-bond donors (Lipinski definition) is 2. The van der Waals surface area contributed by atoms with Gasteiger partial charge in [0.05, 0.1) is 6.54 Å². The SMILES string of the molecule is C/C(C(=O)O)=C(/CCN1CCC(F)(F)C1)C(=O)O.Cl. The Hall–Kier alpha value is -1.21. The molecule has 0 saturated carbocycles. The number of likely N-dealkylation sites (tertiary alicyclic amines) is 1. The monoisotopic (exact) mass is 299 g/mol. The number of hydrogen-bond acceptors (Lipinski definition) is 3. The van der Waals surface area contributed by atoms with Crippen molar-refractivity contribution < 1.29 is 28.6 Å². The van der Waals surface area contributed by atoms with Gasteiger partial charge in [0, 0.05) is 30.7 Å². The highest BCUT2D eigenvalue weighted by atomic mass is 35.5. The molecule has 0 spiro atoms. The smallest absolute Gasteiger partial charge is 0.332 e. The van der Waals surface area contributed by atoms with Gasteiger partial charge < -0.3 is 10.2 Å². The second-order valence-electron chi connectivity index (χ2n) is 4.35. The van der Waals surface area contributed by atoms with E-state index in [0.717, 1.165) is 0 Å². The van der Waals surface area contributed by atoms with E-state index in [2.05, 4.69) is 0 Å². The zero-order valence-electron chi connectivity index (χ0n) is 10.4. The lowest BCUT2D eigenvalue weighted by atomic mass is 10.1. The molecule has 0 atom stereocenters. The minimum absolute atomic E-state index is 0. The number of carboxylic acids is 2. The van der Waals surface area contributed by atoms with Crippen molar-refractivity contribution >= 4 is 24.3 Å². The number of carbonyl (C=O) groups is 2. The second-order valence-corrected chi connectivity index (χ2v) is 4.35. The van der Waals surface area contributed by atoms with Gasteiger partial charge in [-0.25, -0.2) is 18.4 Å². The Balaban J connectivity index is 0.00000324. The third-order valence-electron chi connectivity index (χ3n) is 2.96. The predicted molar refractivity (Wildman–Crippen MR) is 65.8 cm³/mol. The largest absolute Gasteiger partial charge is 0.478 e. The molecule has 0 aromatic rings. The molecule has 19 heavy (non-hydrogen) atoms. The van der Waals surface area contributed by atoms with Crippen LogP contribution in [0.1, 0.15) is 19.8 Å². The average molecular weight is 300 g/mol. The summed E-state index contributed by atoms with van der Waals surface area (Å²) in [7, 11) is 0. The van der Waals surface area contributed by atoms with Crippen molar-refractivity contribution in [3.8, 4) is 0 Å². The molecule has 5 nitrogen and oxygen atoms in total. The quantitative estimate of drug-likeness (QED) is 0.754. The lowest BCUT2D eigenvalue weighted by molar-refractivity contribution is -0.136. The molecule has 0 bridgehead atoms. The number of carboxylic acid groups (broad SMARTS) is 2. The summed E-state index contributed by atoms with van der Waals surface area (Å²) in [4.78, 5) is 23.0. The van der Waals surface area contributed by atoms with Crippen LogP contribution < -0.4 is 0 Å².